The van der Waals surface area contributed by atoms with Crippen LogP contribution in [0.3, 0.4) is 0 Å². The molecular formula is C13H26O. The molecule has 0 heterocycles. The summed E-state index contributed by atoms with van der Waals surface area (Å²) in [4.78, 5) is 0. The average Bonchev–Trinajstić information content (AvgIpc) is 2.17. The lowest BCUT2D eigenvalue weighted by Gasteiger charge is -2.10. The highest BCUT2D eigenvalue weighted by atomic mass is 16.5. The van der Waals surface area contributed by atoms with Crippen molar-refractivity contribution in [3.63, 3.8) is 0 Å². The smallest absolute Gasteiger partial charge is 0.0546 e. The monoisotopic (exact) mass is 198 g/mol. The minimum atomic E-state index is 0.454. The summed E-state index contributed by atoms with van der Waals surface area (Å²) < 4.78 is 5.48. The first kappa shape index (κ1) is 13.7. The molecule has 0 aliphatic heterocycles. The van der Waals surface area contributed by atoms with Crippen molar-refractivity contribution >= 4 is 0 Å². The van der Waals surface area contributed by atoms with Crippen molar-refractivity contribution in [3.8, 4) is 0 Å². The molecule has 0 aromatic carbocycles. The van der Waals surface area contributed by atoms with Gasteiger partial charge in [-0.05, 0) is 40.0 Å². The Balaban J connectivity index is 3.05. The first-order chi connectivity index (χ1) is 6.81. The summed E-state index contributed by atoms with van der Waals surface area (Å²) in [5.41, 5.74) is 0. The summed E-state index contributed by atoms with van der Waals surface area (Å²) in [6, 6.07) is 0. The third kappa shape index (κ3) is 9.79. The van der Waals surface area contributed by atoms with Crippen molar-refractivity contribution in [2.24, 2.45) is 0 Å². The summed E-state index contributed by atoms with van der Waals surface area (Å²) >= 11 is 0. The lowest BCUT2D eigenvalue weighted by atomic mass is 10.1. The van der Waals surface area contributed by atoms with Gasteiger partial charge >= 0.3 is 0 Å². The zero-order valence-corrected chi connectivity index (χ0v) is 10.1. The fourth-order valence-electron chi connectivity index (χ4n) is 1.58. The highest BCUT2D eigenvalue weighted by molar-refractivity contribution is 4.76. The largest absolute Gasteiger partial charge is 0.379 e. The quantitative estimate of drug-likeness (QED) is 0.396. The van der Waals surface area contributed by atoms with Gasteiger partial charge in [-0.25, -0.2) is 0 Å². The number of ether oxygens (including phenoxy) is 1. The summed E-state index contributed by atoms with van der Waals surface area (Å²) in [5, 5.41) is 0. The van der Waals surface area contributed by atoms with Gasteiger partial charge in [0.05, 0.1) is 6.10 Å². The van der Waals surface area contributed by atoms with E-state index in [2.05, 4.69) is 32.9 Å². The molecule has 14 heavy (non-hydrogen) atoms. The summed E-state index contributed by atoms with van der Waals surface area (Å²) in [6.45, 7) is 7.17. The van der Waals surface area contributed by atoms with Gasteiger partial charge in [-0.15, -0.1) is 0 Å². The number of rotatable bonds is 9. The van der Waals surface area contributed by atoms with Crippen molar-refractivity contribution in [3.05, 3.63) is 12.2 Å². The molecule has 0 spiro atoms. The SMILES string of the molecule is C/C=C/CCCCCCC(C)OCC. The summed E-state index contributed by atoms with van der Waals surface area (Å²) in [7, 11) is 0. The predicted molar refractivity (Wildman–Crippen MR) is 63.6 cm³/mol. The molecule has 0 radical (unpaired) electrons. The van der Waals surface area contributed by atoms with Crippen molar-refractivity contribution in [1.82, 2.24) is 0 Å². The number of unbranched alkanes of at least 4 members (excludes halogenated alkanes) is 4. The third-order valence-corrected chi connectivity index (χ3v) is 2.42. The van der Waals surface area contributed by atoms with Crippen LogP contribution in [0.2, 0.25) is 0 Å². The van der Waals surface area contributed by atoms with Crippen molar-refractivity contribution in [2.75, 3.05) is 6.61 Å². The van der Waals surface area contributed by atoms with Gasteiger partial charge in [-0.2, -0.15) is 0 Å². The van der Waals surface area contributed by atoms with E-state index < -0.39 is 0 Å². The Bertz CT molecular complexity index is 129. The second-order valence-corrected chi connectivity index (χ2v) is 3.83. The van der Waals surface area contributed by atoms with Crippen molar-refractivity contribution in [1.29, 1.82) is 0 Å². The molecule has 0 bridgehead atoms. The number of allylic oxidation sites excluding steroid dienone is 2. The van der Waals surface area contributed by atoms with E-state index in [9.17, 15) is 0 Å². The van der Waals surface area contributed by atoms with Gasteiger partial charge in [0.2, 0.25) is 0 Å². The van der Waals surface area contributed by atoms with Crippen LogP contribution in [0.15, 0.2) is 12.2 Å². The highest BCUT2D eigenvalue weighted by Gasteiger charge is 1.99. The normalized spacial score (nSPS) is 13.6. The molecule has 1 atom stereocenters. The van der Waals surface area contributed by atoms with Crippen LogP contribution in [-0.2, 0) is 4.74 Å². The molecule has 84 valence electrons. The maximum atomic E-state index is 5.48. The fraction of sp³-hybridized carbons (Fsp3) is 0.846. The Kier molecular flexibility index (Phi) is 10.5. The van der Waals surface area contributed by atoms with Crippen LogP contribution in [0.4, 0.5) is 0 Å². The van der Waals surface area contributed by atoms with E-state index in [0.717, 1.165) is 6.61 Å². The molecule has 0 rings (SSSR count). The summed E-state index contributed by atoms with van der Waals surface area (Å²) in [6.07, 6.45) is 12.7. The van der Waals surface area contributed by atoms with Crippen LogP contribution < -0.4 is 0 Å². The van der Waals surface area contributed by atoms with Crippen LogP contribution in [0.1, 0.15) is 59.3 Å². The van der Waals surface area contributed by atoms with Gasteiger partial charge in [0, 0.05) is 6.61 Å². The molecule has 0 aliphatic carbocycles. The summed E-state index contributed by atoms with van der Waals surface area (Å²) in [5.74, 6) is 0. The predicted octanol–water partition coefficient (Wildman–Crippen LogP) is 4.33. The van der Waals surface area contributed by atoms with Crippen LogP contribution >= 0.6 is 0 Å². The molecule has 1 nitrogen and oxygen atoms in total. The molecule has 0 fully saturated rings. The molecule has 0 N–H and O–H groups in total. The number of hydrogen-bond acceptors (Lipinski definition) is 1. The zero-order valence-electron chi connectivity index (χ0n) is 10.1. The van der Waals surface area contributed by atoms with Gasteiger partial charge in [0.1, 0.15) is 0 Å². The van der Waals surface area contributed by atoms with Crippen molar-refractivity contribution in [2.45, 2.75) is 65.4 Å². The Hall–Kier alpha value is -0.300. The van der Waals surface area contributed by atoms with E-state index in [1.807, 2.05) is 0 Å². The van der Waals surface area contributed by atoms with Gasteiger partial charge in [0.15, 0.2) is 0 Å². The highest BCUT2D eigenvalue weighted by Crippen LogP contribution is 2.09. The Morgan fingerprint density at radius 2 is 1.86 bits per heavy atom. The van der Waals surface area contributed by atoms with Gasteiger partial charge in [-0.3, -0.25) is 0 Å². The van der Waals surface area contributed by atoms with E-state index in [-0.39, 0.29) is 0 Å². The van der Waals surface area contributed by atoms with E-state index in [1.54, 1.807) is 0 Å². The maximum Gasteiger partial charge on any atom is 0.0546 e. The van der Waals surface area contributed by atoms with Crippen LogP contribution in [0, 0.1) is 0 Å². The molecule has 0 aromatic heterocycles. The second kappa shape index (κ2) is 10.8. The average molecular weight is 198 g/mol. The van der Waals surface area contributed by atoms with Gasteiger partial charge in [-0.1, -0.05) is 31.4 Å². The Labute approximate surface area is 89.5 Å². The van der Waals surface area contributed by atoms with E-state index >= 15 is 0 Å². The first-order valence-electron chi connectivity index (χ1n) is 6.04. The molecule has 0 aliphatic rings. The van der Waals surface area contributed by atoms with Crippen molar-refractivity contribution < 1.29 is 4.74 Å². The van der Waals surface area contributed by atoms with E-state index in [4.69, 9.17) is 4.74 Å². The maximum absolute atomic E-state index is 5.48. The first-order valence-corrected chi connectivity index (χ1v) is 6.04. The minimum absolute atomic E-state index is 0.454. The number of hydrogen-bond donors (Lipinski definition) is 0. The van der Waals surface area contributed by atoms with Crippen LogP contribution in [0.25, 0.3) is 0 Å². The molecule has 0 saturated heterocycles. The van der Waals surface area contributed by atoms with Gasteiger partial charge < -0.3 is 4.74 Å². The molecule has 1 heteroatoms. The Morgan fingerprint density at radius 1 is 1.14 bits per heavy atom. The second-order valence-electron chi connectivity index (χ2n) is 3.83. The van der Waals surface area contributed by atoms with E-state index in [1.165, 1.54) is 38.5 Å². The molecule has 0 amide bonds. The molecule has 0 saturated carbocycles. The van der Waals surface area contributed by atoms with Crippen LogP contribution in [-0.4, -0.2) is 12.7 Å². The van der Waals surface area contributed by atoms with E-state index in [0.29, 0.717) is 6.10 Å². The topological polar surface area (TPSA) is 9.23 Å². The standard InChI is InChI=1S/C13H26O/c1-4-6-7-8-9-10-11-12-13(3)14-5-2/h4,6,13H,5,7-12H2,1-3H3/b6-4+. The molecule has 1 unspecified atom stereocenters. The zero-order chi connectivity index (χ0) is 10.6. The molecular weight excluding hydrogens is 172 g/mol. The lowest BCUT2D eigenvalue weighted by molar-refractivity contribution is 0.0684. The lowest BCUT2D eigenvalue weighted by Crippen LogP contribution is -2.07. The Morgan fingerprint density at radius 3 is 2.50 bits per heavy atom. The fourth-order valence-corrected chi connectivity index (χ4v) is 1.58. The molecule has 0 aromatic rings. The minimum Gasteiger partial charge on any atom is -0.379 e. The third-order valence-electron chi connectivity index (χ3n) is 2.42. The van der Waals surface area contributed by atoms with Crippen LogP contribution in [0.5, 0.6) is 0 Å². The van der Waals surface area contributed by atoms with Gasteiger partial charge in [0.25, 0.3) is 0 Å².